The molecule has 1 rings (SSSR count). The number of hydrogen-bond acceptors (Lipinski definition) is 2. The molecule has 0 aromatic carbocycles. The second kappa shape index (κ2) is 3.66. The van der Waals surface area contributed by atoms with Gasteiger partial charge in [-0.3, -0.25) is 9.98 Å². The van der Waals surface area contributed by atoms with E-state index in [1.807, 2.05) is 25.1 Å². The van der Waals surface area contributed by atoms with Crippen molar-refractivity contribution >= 4 is 12.8 Å². The molecule has 0 spiro atoms. The Balaban J connectivity index is 2.94. The molecule has 1 aromatic rings. The summed E-state index contributed by atoms with van der Waals surface area (Å²) in [4.78, 5) is 7.73. The topological polar surface area (TPSA) is 25.2 Å². The van der Waals surface area contributed by atoms with E-state index in [4.69, 9.17) is 0 Å². The van der Waals surface area contributed by atoms with Crippen molar-refractivity contribution < 1.29 is 0 Å². The summed E-state index contributed by atoms with van der Waals surface area (Å²) in [6.45, 7) is 5.31. The summed E-state index contributed by atoms with van der Waals surface area (Å²) < 4.78 is 0. The lowest BCUT2D eigenvalue weighted by atomic mass is 10.2. The van der Waals surface area contributed by atoms with E-state index in [2.05, 4.69) is 16.7 Å². The Hall–Kier alpha value is -1.44. The molecule has 56 valence electrons. The quantitative estimate of drug-likeness (QED) is 0.586. The molecule has 0 aliphatic heterocycles. The van der Waals surface area contributed by atoms with Crippen LogP contribution in [0.5, 0.6) is 0 Å². The third-order valence-electron chi connectivity index (χ3n) is 1.41. The molecule has 2 nitrogen and oxygen atoms in total. The van der Waals surface area contributed by atoms with Crippen LogP contribution < -0.4 is 0 Å². The maximum Gasteiger partial charge on any atom is 0.0445 e. The predicted octanol–water partition coefficient (Wildman–Crippen LogP) is 2.06. The van der Waals surface area contributed by atoms with Gasteiger partial charge in [0.25, 0.3) is 0 Å². The van der Waals surface area contributed by atoms with Gasteiger partial charge in [-0.25, -0.2) is 0 Å². The van der Waals surface area contributed by atoms with Gasteiger partial charge in [-0.05, 0) is 31.3 Å². The van der Waals surface area contributed by atoms with Gasteiger partial charge >= 0.3 is 0 Å². The zero-order valence-electron chi connectivity index (χ0n) is 6.49. The summed E-state index contributed by atoms with van der Waals surface area (Å²) in [6, 6.07) is 3.89. The minimum absolute atomic E-state index is 1.01. The molecule has 0 N–H and O–H groups in total. The minimum Gasteiger partial charge on any atom is -0.272 e. The SMILES string of the molecule is C=NC=Cc1cccnc1C. The normalized spacial score (nSPS) is 10.3. The highest BCUT2D eigenvalue weighted by Crippen LogP contribution is 2.05. The van der Waals surface area contributed by atoms with Crippen molar-refractivity contribution in [2.45, 2.75) is 6.92 Å². The molecule has 0 radical (unpaired) electrons. The monoisotopic (exact) mass is 146 g/mol. The van der Waals surface area contributed by atoms with Crippen LogP contribution in [-0.4, -0.2) is 11.7 Å². The van der Waals surface area contributed by atoms with Crippen LogP contribution in [-0.2, 0) is 0 Å². The lowest BCUT2D eigenvalue weighted by Crippen LogP contribution is -1.82. The van der Waals surface area contributed by atoms with E-state index in [9.17, 15) is 0 Å². The molecule has 2 heteroatoms. The summed E-state index contributed by atoms with van der Waals surface area (Å²) in [5.74, 6) is 0. The van der Waals surface area contributed by atoms with Crippen molar-refractivity contribution in [1.29, 1.82) is 0 Å². The molecule has 1 heterocycles. The summed E-state index contributed by atoms with van der Waals surface area (Å²) in [5.41, 5.74) is 2.09. The van der Waals surface area contributed by atoms with Gasteiger partial charge < -0.3 is 0 Å². The van der Waals surface area contributed by atoms with Crippen LogP contribution in [0.3, 0.4) is 0 Å². The smallest absolute Gasteiger partial charge is 0.0445 e. The lowest BCUT2D eigenvalue weighted by Gasteiger charge is -1.95. The Morgan fingerprint density at radius 2 is 2.45 bits per heavy atom. The first kappa shape index (κ1) is 7.66. The van der Waals surface area contributed by atoms with Crippen LogP contribution in [0.15, 0.2) is 29.5 Å². The summed E-state index contributed by atoms with van der Waals surface area (Å²) >= 11 is 0. The molecule has 0 aliphatic carbocycles. The van der Waals surface area contributed by atoms with Gasteiger partial charge in [0, 0.05) is 18.1 Å². The van der Waals surface area contributed by atoms with Gasteiger partial charge in [0.15, 0.2) is 0 Å². The third-order valence-corrected chi connectivity index (χ3v) is 1.41. The van der Waals surface area contributed by atoms with E-state index in [0.29, 0.717) is 0 Å². The Labute approximate surface area is 66.3 Å². The maximum atomic E-state index is 4.12. The minimum atomic E-state index is 1.01. The largest absolute Gasteiger partial charge is 0.272 e. The molecule has 0 saturated carbocycles. The fourth-order valence-corrected chi connectivity index (χ4v) is 0.806. The molecule has 0 bridgehead atoms. The lowest BCUT2D eigenvalue weighted by molar-refractivity contribution is 1.19. The van der Waals surface area contributed by atoms with E-state index in [-0.39, 0.29) is 0 Å². The average Bonchev–Trinajstić information content (AvgIpc) is 2.03. The third kappa shape index (κ3) is 2.00. The molecule has 0 atom stereocenters. The highest BCUT2D eigenvalue weighted by Gasteiger charge is 1.90. The Morgan fingerprint density at radius 1 is 1.64 bits per heavy atom. The Bertz CT molecular complexity index is 277. The highest BCUT2D eigenvalue weighted by molar-refractivity contribution is 5.51. The second-order valence-electron chi connectivity index (χ2n) is 2.18. The van der Waals surface area contributed by atoms with Crippen molar-refractivity contribution in [3.05, 3.63) is 35.8 Å². The second-order valence-corrected chi connectivity index (χ2v) is 2.18. The van der Waals surface area contributed by atoms with Gasteiger partial charge in [-0.15, -0.1) is 0 Å². The van der Waals surface area contributed by atoms with E-state index >= 15 is 0 Å². The number of aromatic nitrogens is 1. The molecule has 0 unspecified atom stereocenters. The number of aliphatic imine (C=N–C) groups is 1. The van der Waals surface area contributed by atoms with E-state index in [0.717, 1.165) is 11.3 Å². The number of aryl methyl sites for hydroxylation is 1. The zero-order chi connectivity index (χ0) is 8.10. The fourth-order valence-electron chi connectivity index (χ4n) is 0.806. The molecule has 1 aromatic heterocycles. The van der Waals surface area contributed by atoms with Gasteiger partial charge in [-0.2, -0.15) is 0 Å². The van der Waals surface area contributed by atoms with Crippen molar-refractivity contribution in [3.8, 4) is 0 Å². The standard InChI is InChI=1S/C9H10N2/c1-8-9(5-7-10-2)4-3-6-11-8/h3-7H,2H2,1H3. The van der Waals surface area contributed by atoms with Gasteiger partial charge in [0.05, 0.1) is 0 Å². The van der Waals surface area contributed by atoms with Gasteiger partial charge in [0.2, 0.25) is 0 Å². The molecule has 0 aliphatic rings. The summed E-state index contributed by atoms with van der Waals surface area (Å²) in [6.07, 6.45) is 5.31. The van der Waals surface area contributed by atoms with Crippen LogP contribution in [0.1, 0.15) is 11.3 Å². The van der Waals surface area contributed by atoms with Crippen LogP contribution in [0.4, 0.5) is 0 Å². The van der Waals surface area contributed by atoms with Crippen molar-refractivity contribution in [2.75, 3.05) is 0 Å². The molecule has 0 fully saturated rings. The zero-order valence-corrected chi connectivity index (χ0v) is 6.49. The van der Waals surface area contributed by atoms with E-state index in [1.165, 1.54) is 0 Å². The van der Waals surface area contributed by atoms with Crippen molar-refractivity contribution in [1.82, 2.24) is 4.98 Å². The number of rotatable bonds is 2. The van der Waals surface area contributed by atoms with Crippen LogP contribution in [0.2, 0.25) is 0 Å². The van der Waals surface area contributed by atoms with E-state index in [1.54, 1.807) is 12.4 Å². The maximum absolute atomic E-state index is 4.12. The van der Waals surface area contributed by atoms with Crippen LogP contribution in [0, 0.1) is 6.92 Å². The van der Waals surface area contributed by atoms with E-state index < -0.39 is 0 Å². The Kier molecular flexibility index (Phi) is 2.55. The molecule has 0 amide bonds. The molecule has 0 saturated heterocycles. The first-order chi connectivity index (χ1) is 5.34. The van der Waals surface area contributed by atoms with Gasteiger partial charge in [-0.1, -0.05) is 6.07 Å². The molecular weight excluding hydrogens is 136 g/mol. The highest BCUT2D eigenvalue weighted by atomic mass is 14.7. The fraction of sp³-hybridized carbons (Fsp3) is 0.111. The predicted molar refractivity (Wildman–Crippen MR) is 47.6 cm³/mol. The number of hydrogen-bond donors (Lipinski definition) is 0. The first-order valence-corrected chi connectivity index (χ1v) is 3.38. The molecule has 11 heavy (non-hydrogen) atoms. The van der Waals surface area contributed by atoms with Gasteiger partial charge in [0.1, 0.15) is 0 Å². The summed E-state index contributed by atoms with van der Waals surface area (Å²) in [5, 5.41) is 0. The average molecular weight is 146 g/mol. The number of pyridine rings is 1. The first-order valence-electron chi connectivity index (χ1n) is 3.38. The molecular formula is C9H10N2. The Morgan fingerprint density at radius 3 is 3.09 bits per heavy atom. The van der Waals surface area contributed by atoms with Crippen LogP contribution in [0.25, 0.3) is 6.08 Å². The number of nitrogens with zero attached hydrogens (tertiary/aromatic N) is 2. The van der Waals surface area contributed by atoms with Crippen LogP contribution >= 0.6 is 0 Å². The summed E-state index contributed by atoms with van der Waals surface area (Å²) in [7, 11) is 0. The van der Waals surface area contributed by atoms with Crippen molar-refractivity contribution in [3.63, 3.8) is 0 Å². The van der Waals surface area contributed by atoms with Crippen molar-refractivity contribution in [2.24, 2.45) is 4.99 Å².